The van der Waals surface area contributed by atoms with Gasteiger partial charge in [-0.1, -0.05) is 30.3 Å². The molecule has 0 bridgehead atoms. The number of rotatable bonds is 7. The van der Waals surface area contributed by atoms with Gasteiger partial charge in [0.05, 0.1) is 9.26 Å². The first-order chi connectivity index (χ1) is 16.0. The SMILES string of the molecule is CN(C)CCOc1cc(NC(=O)Nc2cccc3c(-c4ccncc4)cccc23)ccc1I.Cl. The Kier molecular flexibility index (Phi) is 9.09. The number of nitrogens with one attached hydrogen (secondary N) is 2. The number of ether oxygens (including phenoxy) is 1. The van der Waals surface area contributed by atoms with Crippen molar-refractivity contribution in [1.29, 1.82) is 0 Å². The highest BCUT2D eigenvalue weighted by atomic mass is 127. The zero-order valence-electron chi connectivity index (χ0n) is 18.9. The van der Waals surface area contributed by atoms with Crippen molar-refractivity contribution >= 4 is 63.2 Å². The lowest BCUT2D eigenvalue weighted by molar-refractivity contribution is 0.260. The predicted molar refractivity (Wildman–Crippen MR) is 150 cm³/mol. The van der Waals surface area contributed by atoms with E-state index in [1.165, 1.54) is 0 Å². The fourth-order valence-corrected chi connectivity index (χ4v) is 4.01. The second-order valence-electron chi connectivity index (χ2n) is 7.82. The summed E-state index contributed by atoms with van der Waals surface area (Å²) in [4.78, 5) is 19.0. The van der Waals surface area contributed by atoms with Crippen LogP contribution < -0.4 is 15.4 Å². The van der Waals surface area contributed by atoms with Crippen LogP contribution in [0, 0.1) is 3.57 Å². The Hall–Kier alpha value is -2.88. The van der Waals surface area contributed by atoms with E-state index in [0.717, 1.165) is 43.5 Å². The van der Waals surface area contributed by atoms with Crippen molar-refractivity contribution in [3.8, 4) is 16.9 Å². The lowest BCUT2D eigenvalue weighted by atomic mass is 9.98. The van der Waals surface area contributed by atoms with Gasteiger partial charge in [-0.25, -0.2) is 4.79 Å². The molecule has 6 nitrogen and oxygen atoms in total. The Labute approximate surface area is 219 Å². The number of amides is 2. The van der Waals surface area contributed by atoms with E-state index in [4.69, 9.17) is 4.74 Å². The van der Waals surface area contributed by atoms with E-state index in [2.05, 4.69) is 55.2 Å². The molecule has 0 spiro atoms. The number of urea groups is 1. The fraction of sp³-hybridized carbons (Fsp3) is 0.154. The molecule has 0 unspecified atom stereocenters. The lowest BCUT2D eigenvalue weighted by Gasteiger charge is -2.15. The molecule has 1 heterocycles. The van der Waals surface area contributed by atoms with Crippen molar-refractivity contribution in [2.45, 2.75) is 0 Å². The van der Waals surface area contributed by atoms with Gasteiger partial charge in [0.15, 0.2) is 0 Å². The number of carbonyl (C=O) groups is 1. The van der Waals surface area contributed by atoms with Crippen molar-refractivity contribution in [3.63, 3.8) is 0 Å². The van der Waals surface area contributed by atoms with Gasteiger partial charge in [0.25, 0.3) is 0 Å². The Morgan fingerprint density at radius 3 is 2.47 bits per heavy atom. The lowest BCUT2D eigenvalue weighted by Crippen LogP contribution is -2.20. The molecule has 3 aromatic carbocycles. The number of aromatic nitrogens is 1. The van der Waals surface area contributed by atoms with Crippen LogP contribution in [0.25, 0.3) is 21.9 Å². The first-order valence-electron chi connectivity index (χ1n) is 10.6. The highest BCUT2D eigenvalue weighted by Gasteiger charge is 2.11. The minimum atomic E-state index is -0.308. The number of likely N-dealkylation sites (N-methyl/N-ethyl adjacent to an activating group) is 1. The number of carbonyl (C=O) groups excluding carboxylic acids is 1. The topological polar surface area (TPSA) is 66.5 Å². The molecule has 0 aliphatic heterocycles. The smallest absolute Gasteiger partial charge is 0.323 e. The summed E-state index contributed by atoms with van der Waals surface area (Å²) >= 11 is 2.23. The number of halogens is 2. The van der Waals surface area contributed by atoms with Crippen LogP contribution in [0.3, 0.4) is 0 Å². The largest absolute Gasteiger partial charge is 0.491 e. The van der Waals surface area contributed by atoms with Crippen LogP contribution in [0.1, 0.15) is 0 Å². The molecule has 2 N–H and O–H groups in total. The highest BCUT2D eigenvalue weighted by Crippen LogP contribution is 2.32. The van der Waals surface area contributed by atoms with Gasteiger partial charge in [-0.15, -0.1) is 12.4 Å². The Bertz CT molecular complexity index is 1270. The van der Waals surface area contributed by atoms with Crippen LogP contribution in [0.15, 0.2) is 79.1 Å². The third kappa shape index (κ3) is 6.37. The van der Waals surface area contributed by atoms with E-state index in [1.54, 1.807) is 12.4 Å². The summed E-state index contributed by atoms with van der Waals surface area (Å²) < 4.78 is 6.87. The van der Waals surface area contributed by atoms with E-state index in [-0.39, 0.29) is 18.4 Å². The molecule has 4 rings (SSSR count). The molecule has 4 aromatic rings. The molecule has 0 saturated heterocycles. The molecule has 0 aliphatic rings. The van der Waals surface area contributed by atoms with E-state index in [1.807, 2.05) is 68.7 Å². The van der Waals surface area contributed by atoms with Gasteiger partial charge in [0, 0.05) is 36.1 Å². The van der Waals surface area contributed by atoms with Crippen LogP contribution in [0.4, 0.5) is 16.2 Å². The quantitative estimate of drug-likeness (QED) is 0.242. The molecule has 1 aromatic heterocycles. The summed E-state index contributed by atoms with van der Waals surface area (Å²) in [6.45, 7) is 1.39. The van der Waals surface area contributed by atoms with Crippen LogP contribution in [0.2, 0.25) is 0 Å². The van der Waals surface area contributed by atoms with Crippen LogP contribution in [0.5, 0.6) is 5.75 Å². The molecule has 0 saturated carbocycles. The summed E-state index contributed by atoms with van der Waals surface area (Å²) in [5.41, 5.74) is 3.59. The molecular weight excluding hydrogens is 563 g/mol. The number of pyridine rings is 1. The van der Waals surface area contributed by atoms with Gasteiger partial charge < -0.3 is 20.3 Å². The summed E-state index contributed by atoms with van der Waals surface area (Å²) in [5, 5.41) is 7.94. The average Bonchev–Trinajstić information content (AvgIpc) is 2.81. The molecule has 8 heteroatoms. The predicted octanol–water partition coefficient (Wildman–Crippen LogP) is 6.51. The number of anilines is 2. The molecule has 0 aliphatic carbocycles. The van der Waals surface area contributed by atoms with Crippen LogP contribution in [-0.4, -0.2) is 43.2 Å². The zero-order chi connectivity index (χ0) is 23.2. The van der Waals surface area contributed by atoms with Gasteiger partial charge in [0.1, 0.15) is 12.4 Å². The van der Waals surface area contributed by atoms with Crippen molar-refractivity contribution in [2.75, 3.05) is 37.9 Å². The van der Waals surface area contributed by atoms with Crippen molar-refractivity contribution in [1.82, 2.24) is 9.88 Å². The van der Waals surface area contributed by atoms with Gasteiger partial charge in [-0.05, 0) is 83.5 Å². The number of hydrogen-bond acceptors (Lipinski definition) is 4. The van der Waals surface area contributed by atoms with E-state index < -0.39 is 0 Å². The Balaban J connectivity index is 0.00000324. The van der Waals surface area contributed by atoms with Crippen molar-refractivity contribution in [2.24, 2.45) is 0 Å². The Morgan fingerprint density at radius 1 is 0.971 bits per heavy atom. The Morgan fingerprint density at radius 2 is 1.71 bits per heavy atom. The van der Waals surface area contributed by atoms with Gasteiger partial charge in [-0.3, -0.25) is 4.98 Å². The van der Waals surface area contributed by atoms with E-state index in [9.17, 15) is 4.79 Å². The minimum Gasteiger partial charge on any atom is -0.491 e. The molecule has 0 fully saturated rings. The molecule has 0 atom stereocenters. The molecule has 34 heavy (non-hydrogen) atoms. The molecule has 0 radical (unpaired) electrons. The molecular formula is C26H26ClIN4O2. The van der Waals surface area contributed by atoms with Gasteiger partial charge in [-0.2, -0.15) is 0 Å². The number of nitrogens with zero attached hydrogens (tertiary/aromatic N) is 2. The number of hydrogen-bond donors (Lipinski definition) is 2. The summed E-state index contributed by atoms with van der Waals surface area (Å²) in [6.07, 6.45) is 3.56. The number of benzene rings is 3. The van der Waals surface area contributed by atoms with Crippen molar-refractivity contribution < 1.29 is 9.53 Å². The summed E-state index contributed by atoms with van der Waals surface area (Å²) in [6, 6.07) is 21.3. The maximum Gasteiger partial charge on any atom is 0.323 e. The molecule has 2 amide bonds. The first kappa shape index (κ1) is 25.7. The maximum absolute atomic E-state index is 12.8. The second-order valence-corrected chi connectivity index (χ2v) is 8.98. The van der Waals surface area contributed by atoms with Crippen LogP contribution >= 0.6 is 35.0 Å². The summed E-state index contributed by atoms with van der Waals surface area (Å²) in [5.74, 6) is 0.752. The zero-order valence-corrected chi connectivity index (χ0v) is 21.9. The highest BCUT2D eigenvalue weighted by molar-refractivity contribution is 14.1. The second kappa shape index (κ2) is 12.0. The average molecular weight is 589 g/mol. The normalized spacial score (nSPS) is 10.6. The first-order valence-corrected chi connectivity index (χ1v) is 11.7. The van der Waals surface area contributed by atoms with Gasteiger partial charge >= 0.3 is 6.03 Å². The monoisotopic (exact) mass is 588 g/mol. The fourth-order valence-electron chi connectivity index (χ4n) is 3.52. The maximum atomic E-state index is 12.8. The minimum absolute atomic E-state index is 0. The molecule has 176 valence electrons. The third-order valence-electron chi connectivity index (χ3n) is 5.15. The van der Waals surface area contributed by atoms with Gasteiger partial charge in [0.2, 0.25) is 0 Å². The van der Waals surface area contributed by atoms with Crippen molar-refractivity contribution in [3.05, 3.63) is 82.7 Å². The number of fused-ring (bicyclic) bond motifs is 1. The summed E-state index contributed by atoms with van der Waals surface area (Å²) in [7, 11) is 4.01. The van der Waals surface area contributed by atoms with E-state index >= 15 is 0 Å². The standard InChI is InChI=1S/C26H25IN4O2.ClH/c1-31(2)15-16-33-25-17-19(9-10-23(25)27)29-26(32)30-24-8-4-6-21-20(5-3-7-22(21)24)18-11-13-28-14-12-18;/h3-14,17H,15-16H2,1-2H3,(H2,29,30,32);1H. The van der Waals surface area contributed by atoms with Crippen LogP contribution in [-0.2, 0) is 0 Å². The van der Waals surface area contributed by atoms with E-state index in [0.29, 0.717) is 12.3 Å². The third-order valence-corrected chi connectivity index (χ3v) is 6.04.